The third-order valence-electron chi connectivity index (χ3n) is 4.92. The summed E-state index contributed by atoms with van der Waals surface area (Å²) in [4.78, 5) is 17.8. The average Bonchev–Trinajstić information content (AvgIpc) is 3.00. The second kappa shape index (κ2) is 6.17. The van der Waals surface area contributed by atoms with Gasteiger partial charge < -0.3 is 15.7 Å². The number of phenols is 1. The quantitative estimate of drug-likeness (QED) is 0.445. The second-order valence-corrected chi connectivity index (χ2v) is 7.98. The lowest BCUT2D eigenvalue weighted by Gasteiger charge is -2.10. The molecule has 1 aliphatic rings. The molecule has 140 valence electrons. The first kappa shape index (κ1) is 16.9. The molecule has 0 fully saturated rings. The minimum Gasteiger partial charge on any atom is -0.508 e. The molecule has 2 aromatic carbocycles. The number of hydrogen-bond donors (Lipinski definition) is 3. The molecule has 1 atom stereocenters. The molecule has 0 saturated carbocycles. The lowest BCUT2D eigenvalue weighted by Crippen LogP contribution is -2.34. The molecule has 0 aliphatic carbocycles. The van der Waals surface area contributed by atoms with Crippen molar-refractivity contribution in [2.24, 2.45) is 0 Å². The highest BCUT2D eigenvalue weighted by Crippen LogP contribution is 2.41. The van der Waals surface area contributed by atoms with Crippen LogP contribution < -0.4 is 10.6 Å². The summed E-state index contributed by atoms with van der Waals surface area (Å²) in [5, 5.41) is 17.9. The molecule has 5 nitrogen and oxygen atoms in total. The molecule has 0 unspecified atom stereocenters. The lowest BCUT2D eigenvalue weighted by atomic mass is 10.1. The summed E-state index contributed by atoms with van der Waals surface area (Å²) < 4.78 is 15.2. The monoisotopic (exact) mass is 393 g/mol. The topological polar surface area (TPSA) is 74.2 Å². The van der Waals surface area contributed by atoms with Crippen LogP contribution in [0.2, 0.25) is 0 Å². The maximum absolute atomic E-state index is 14.2. The minimum absolute atomic E-state index is 0.0127. The van der Waals surface area contributed by atoms with E-state index in [9.17, 15) is 14.3 Å². The molecule has 0 bridgehead atoms. The first-order valence-electron chi connectivity index (χ1n) is 8.91. The molecule has 3 N–H and O–H groups in total. The molecule has 0 spiro atoms. The zero-order valence-electron chi connectivity index (χ0n) is 14.9. The number of benzene rings is 2. The van der Waals surface area contributed by atoms with Gasteiger partial charge in [0.05, 0.1) is 16.9 Å². The Kier molecular flexibility index (Phi) is 3.73. The molecule has 5 rings (SSSR count). The molecule has 1 aliphatic heterocycles. The summed E-state index contributed by atoms with van der Waals surface area (Å²) in [7, 11) is 0. The van der Waals surface area contributed by atoms with Crippen LogP contribution in [0.4, 0.5) is 10.1 Å². The Balaban J connectivity index is 1.73. The molecule has 28 heavy (non-hydrogen) atoms. The van der Waals surface area contributed by atoms with Crippen molar-refractivity contribution in [1.29, 1.82) is 0 Å². The van der Waals surface area contributed by atoms with E-state index in [4.69, 9.17) is 0 Å². The molecular formula is C21H16FN3O2S. The summed E-state index contributed by atoms with van der Waals surface area (Å²) in [6, 6.07) is 11.4. The number of carbonyl (C=O) groups excluding carboxylic acids is 1. The van der Waals surface area contributed by atoms with Crippen LogP contribution in [0.1, 0.15) is 16.6 Å². The molecule has 7 heteroatoms. The first-order chi connectivity index (χ1) is 13.5. The standard InChI is InChI=1S/C21H16FN3O2S/c1-10-9-23-19-18-12-3-5-16(13-8-11(26)2-4-14(13)22)25-15(12)6-7-17(18)28-20(19)21(27)24-10/h2-8,10,23,26H,9H2,1H3,(H,24,27)/t10-/m1/s1. The van der Waals surface area contributed by atoms with Crippen LogP contribution in [0.5, 0.6) is 5.75 Å². The summed E-state index contributed by atoms with van der Waals surface area (Å²) in [5.41, 5.74) is 2.22. The summed E-state index contributed by atoms with van der Waals surface area (Å²) in [6.07, 6.45) is 0. The van der Waals surface area contributed by atoms with Gasteiger partial charge in [-0.25, -0.2) is 9.37 Å². The summed E-state index contributed by atoms with van der Waals surface area (Å²) >= 11 is 1.45. The molecular weight excluding hydrogens is 377 g/mol. The third-order valence-corrected chi connectivity index (χ3v) is 6.07. The SMILES string of the molecule is C[C@@H]1CNc2c(sc3ccc4nc(-c5cc(O)ccc5F)ccc4c23)C(=O)N1. The number of pyridine rings is 1. The van der Waals surface area contributed by atoms with Crippen LogP contribution >= 0.6 is 11.3 Å². The van der Waals surface area contributed by atoms with Gasteiger partial charge in [-0.1, -0.05) is 0 Å². The number of thiophene rings is 1. The van der Waals surface area contributed by atoms with E-state index >= 15 is 0 Å². The largest absolute Gasteiger partial charge is 0.508 e. The number of halogens is 1. The van der Waals surface area contributed by atoms with E-state index in [1.807, 2.05) is 25.1 Å². The number of anilines is 1. The highest BCUT2D eigenvalue weighted by atomic mass is 32.1. The van der Waals surface area contributed by atoms with Gasteiger partial charge >= 0.3 is 0 Å². The highest BCUT2D eigenvalue weighted by Gasteiger charge is 2.24. The molecule has 0 saturated heterocycles. The Hall–Kier alpha value is -3.19. The van der Waals surface area contributed by atoms with Crippen LogP contribution in [0.15, 0.2) is 42.5 Å². The van der Waals surface area contributed by atoms with Gasteiger partial charge in [0.15, 0.2) is 0 Å². The van der Waals surface area contributed by atoms with Gasteiger partial charge in [-0.15, -0.1) is 11.3 Å². The number of phenolic OH excluding ortho intramolecular Hbond substituents is 1. The van der Waals surface area contributed by atoms with Crippen LogP contribution in [0.3, 0.4) is 0 Å². The number of aromatic nitrogens is 1. The van der Waals surface area contributed by atoms with E-state index in [1.165, 1.54) is 29.5 Å². The predicted molar refractivity (Wildman–Crippen MR) is 110 cm³/mol. The van der Waals surface area contributed by atoms with Gasteiger partial charge in [0, 0.05) is 33.6 Å². The zero-order valence-corrected chi connectivity index (χ0v) is 15.7. The van der Waals surface area contributed by atoms with Crippen molar-refractivity contribution in [3.63, 3.8) is 0 Å². The van der Waals surface area contributed by atoms with E-state index in [0.717, 1.165) is 21.2 Å². The van der Waals surface area contributed by atoms with Gasteiger partial charge in [-0.05, 0) is 49.4 Å². The van der Waals surface area contributed by atoms with E-state index in [2.05, 4.69) is 15.6 Å². The first-order valence-corrected chi connectivity index (χ1v) is 9.73. The lowest BCUT2D eigenvalue weighted by molar-refractivity contribution is 0.0949. The van der Waals surface area contributed by atoms with Crippen LogP contribution in [-0.2, 0) is 0 Å². The van der Waals surface area contributed by atoms with Crippen molar-refractivity contribution < 1.29 is 14.3 Å². The van der Waals surface area contributed by atoms with Crippen LogP contribution in [-0.4, -0.2) is 28.6 Å². The van der Waals surface area contributed by atoms with Gasteiger partial charge in [-0.2, -0.15) is 0 Å². The average molecular weight is 393 g/mol. The van der Waals surface area contributed by atoms with Crippen molar-refractivity contribution >= 4 is 43.9 Å². The van der Waals surface area contributed by atoms with Gasteiger partial charge in [0.25, 0.3) is 5.91 Å². The number of hydrogen-bond acceptors (Lipinski definition) is 5. The number of carbonyl (C=O) groups is 1. The Morgan fingerprint density at radius 3 is 2.93 bits per heavy atom. The fraction of sp³-hybridized carbons (Fsp3) is 0.143. The molecule has 4 aromatic rings. The predicted octanol–water partition coefficient (Wildman–Crippen LogP) is 4.51. The Morgan fingerprint density at radius 2 is 2.07 bits per heavy atom. The maximum atomic E-state index is 14.2. The zero-order chi connectivity index (χ0) is 19.4. The summed E-state index contributed by atoms with van der Waals surface area (Å²) in [5.74, 6) is -0.531. The van der Waals surface area contributed by atoms with Crippen LogP contribution in [0.25, 0.3) is 32.2 Å². The van der Waals surface area contributed by atoms with Crippen molar-refractivity contribution in [3.05, 3.63) is 53.2 Å². The number of fused-ring (bicyclic) bond motifs is 5. The number of nitrogens with one attached hydrogen (secondary N) is 2. The smallest absolute Gasteiger partial charge is 0.263 e. The Labute approximate surface area is 163 Å². The Bertz CT molecular complexity index is 1270. The highest BCUT2D eigenvalue weighted by molar-refractivity contribution is 7.21. The normalized spacial score (nSPS) is 16.5. The Morgan fingerprint density at radius 1 is 1.21 bits per heavy atom. The van der Waals surface area contributed by atoms with E-state index in [-0.39, 0.29) is 23.3 Å². The molecule has 3 heterocycles. The second-order valence-electron chi connectivity index (χ2n) is 6.93. The van der Waals surface area contributed by atoms with Gasteiger partial charge in [0.1, 0.15) is 16.4 Å². The molecule has 1 amide bonds. The number of amides is 1. The van der Waals surface area contributed by atoms with Crippen molar-refractivity contribution in [1.82, 2.24) is 10.3 Å². The number of rotatable bonds is 1. The molecule has 0 radical (unpaired) electrons. The maximum Gasteiger partial charge on any atom is 0.263 e. The van der Waals surface area contributed by atoms with Gasteiger partial charge in [-0.3, -0.25) is 4.79 Å². The number of nitrogens with zero attached hydrogens (tertiary/aromatic N) is 1. The fourth-order valence-electron chi connectivity index (χ4n) is 3.59. The fourth-order valence-corrected chi connectivity index (χ4v) is 4.68. The van der Waals surface area contributed by atoms with E-state index in [0.29, 0.717) is 22.6 Å². The summed E-state index contributed by atoms with van der Waals surface area (Å²) in [6.45, 7) is 2.60. The van der Waals surface area contributed by atoms with E-state index in [1.54, 1.807) is 6.07 Å². The van der Waals surface area contributed by atoms with E-state index < -0.39 is 5.82 Å². The minimum atomic E-state index is -0.442. The third kappa shape index (κ3) is 2.58. The van der Waals surface area contributed by atoms with Gasteiger partial charge in [0.2, 0.25) is 0 Å². The van der Waals surface area contributed by atoms with Crippen molar-refractivity contribution in [2.75, 3.05) is 11.9 Å². The van der Waals surface area contributed by atoms with Crippen LogP contribution in [0, 0.1) is 5.82 Å². The van der Waals surface area contributed by atoms with Crippen molar-refractivity contribution in [3.8, 4) is 17.0 Å². The van der Waals surface area contributed by atoms with Crippen molar-refractivity contribution in [2.45, 2.75) is 13.0 Å². The molecule has 2 aromatic heterocycles. The number of aromatic hydroxyl groups is 1.